The van der Waals surface area contributed by atoms with Gasteiger partial charge in [0.25, 0.3) is 0 Å². The Balaban J connectivity index is 1.59. The van der Waals surface area contributed by atoms with Crippen molar-refractivity contribution in [1.29, 1.82) is 0 Å². The molecule has 5 aliphatic rings. The maximum absolute atomic E-state index is 10.9. The van der Waals surface area contributed by atoms with Crippen LogP contribution in [0.5, 0.6) is 0 Å². The van der Waals surface area contributed by atoms with Crippen molar-refractivity contribution in [3.63, 3.8) is 0 Å². The normalized spacial score (nSPS) is 58.3. The molecule has 0 heterocycles. The van der Waals surface area contributed by atoms with E-state index < -0.39 is 0 Å². The molecule has 4 saturated carbocycles. The van der Waals surface area contributed by atoms with Crippen molar-refractivity contribution < 1.29 is 5.11 Å². The molecule has 176 valence electrons. The minimum atomic E-state index is -0.125. The first kappa shape index (κ1) is 22.5. The van der Waals surface area contributed by atoms with Crippen molar-refractivity contribution in [3.8, 4) is 0 Å². The first-order chi connectivity index (χ1) is 14.3. The molecule has 0 saturated heterocycles. The summed E-state index contributed by atoms with van der Waals surface area (Å²) in [5.74, 6) is 3.90. The van der Waals surface area contributed by atoms with Crippen LogP contribution in [0.4, 0.5) is 0 Å². The molecule has 5 rings (SSSR count). The first-order valence-electron chi connectivity index (χ1n) is 13.7. The summed E-state index contributed by atoms with van der Waals surface area (Å²) in [5.41, 5.74) is 3.60. The third-order valence-corrected chi connectivity index (χ3v) is 13.4. The summed E-state index contributed by atoms with van der Waals surface area (Å²) in [7, 11) is 0. The highest BCUT2D eigenvalue weighted by Gasteiger charge is 2.67. The monoisotopic (exact) mass is 426 g/mol. The number of aliphatic hydroxyl groups excluding tert-OH is 1. The lowest BCUT2D eigenvalue weighted by atomic mass is 9.33. The Hall–Kier alpha value is -0.300. The fraction of sp³-hybridized carbons (Fsp3) is 0.933. The first-order valence-corrected chi connectivity index (χ1v) is 13.7. The minimum absolute atomic E-state index is 0.0533. The van der Waals surface area contributed by atoms with Crippen LogP contribution in [0.1, 0.15) is 113 Å². The molecule has 1 unspecified atom stereocenters. The quantitative estimate of drug-likeness (QED) is 0.389. The van der Waals surface area contributed by atoms with Gasteiger partial charge in [0.05, 0.1) is 6.10 Å². The summed E-state index contributed by atoms with van der Waals surface area (Å²) < 4.78 is 0. The van der Waals surface area contributed by atoms with Crippen molar-refractivity contribution in [2.75, 3.05) is 0 Å². The van der Waals surface area contributed by atoms with Gasteiger partial charge in [-0.1, -0.05) is 67.0 Å². The molecule has 10 atom stereocenters. The van der Waals surface area contributed by atoms with E-state index in [9.17, 15) is 5.11 Å². The molecule has 0 spiro atoms. The molecule has 1 nitrogen and oxygen atoms in total. The average molecular weight is 427 g/mol. The van der Waals surface area contributed by atoms with Gasteiger partial charge in [0.15, 0.2) is 0 Å². The molecule has 0 radical (unpaired) electrons. The second-order valence-corrected chi connectivity index (χ2v) is 14.7. The summed E-state index contributed by atoms with van der Waals surface area (Å²) in [6.07, 6.45) is 14.5. The van der Waals surface area contributed by atoms with Gasteiger partial charge in [-0.05, 0) is 114 Å². The van der Waals surface area contributed by atoms with Crippen molar-refractivity contribution in [1.82, 2.24) is 0 Å². The topological polar surface area (TPSA) is 20.2 Å². The lowest BCUT2D eigenvalue weighted by Crippen LogP contribution is -2.64. The second-order valence-electron chi connectivity index (χ2n) is 14.7. The van der Waals surface area contributed by atoms with Crippen LogP contribution in [0, 0.1) is 56.7 Å². The fourth-order valence-corrected chi connectivity index (χ4v) is 10.8. The van der Waals surface area contributed by atoms with Gasteiger partial charge < -0.3 is 5.11 Å². The molecule has 0 aromatic rings. The maximum Gasteiger partial charge on any atom is 0.0594 e. The number of rotatable bonds is 0. The molecule has 0 aliphatic heterocycles. The van der Waals surface area contributed by atoms with Crippen LogP contribution in [0.2, 0.25) is 0 Å². The SMILES string of the molecule is C[C@H]1[C@H](C)CC[C@]2(C)CC[C@]3(C)C(=CC[C@@H]4[C@@]5(C)CC[C@H](O)C(C)(C)C5CC[C@]43C)[C@H]12. The van der Waals surface area contributed by atoms with Crippen LogP contribution in [0.3, 0.4) is 0 Å². The Kier molecular flexibility index (Phi) is 4.82. The molecule has 1 N–H and O–H groups in total. The van der Waals surface area contributed by atoms with E-state index >= 15 is 0 Å². The molecule has 0 aromatic carbocycles. The van der Waals surface area contributed by atoms with Crippen molar-refractivity contribution >= 4 is 0 Å². The summed E-state index contributed by atoms with van der Waals surface area (Å²) in [5, 5.41) is 10.9. The Morgan fingerprint density at radius 1 is 0.806 bits per heavy atom. The van der Waals surface area contributed by atoms with Crippen LogP contribution in [-0.2, 0) is 0 Å². The van der Waals surface area contributed by atoms with Crippen LogP contribution >= 0.6 is 0 Å². The van der Waals surface area contributed by atoms with E-state index in [-0.39, 0.29) is 11.5 Å². The molecule has 31 heavy (non-hydrogen) atoms. The predicted octanol–water partition coefficient (Wildman–Crippen LogP) is 8.02. The van der Waals surface area contributed by atoms with Gasteiger partial charge in [0.1, 0.15) is 0 Å². The van der Waals surface area contributed by atoms with E-state index in [4.69, 9.17) is 0 Å². The standard InChI is InChI=1S/C30H50O/c1-19-11-14-27(5)17-18-29(7)21(25(27)20(19)2)9-10-23-28(6)15-13-24(31)26(3,4)22(28)12-16-30(23,29)8/h9,19-20,22-25,31H,10-18H2,1-8H3/t19-,20+,22?,23-,24+,25+,27-,28+,29-,30-/m1/s1. The number of aliphatic hydroxyl groups is 1. The van der Waals surface area contributed by atoms with Gasteiger partial charge in [0.2, 0.25) is 0 Å². The molecule has 5 aliphatic carbocycles. The van der Waals surface area contributed by atoms with Gasteiger partial charge in [0, 0.05) is 0 Å². The van der Waals surface area contributed by atoms with Crippen LogP contribution in [0.15, 0.2) is 11.6 Å². The van der Waals surface area contributed by atoms with Gasteiger partial charge >= 0.3 is 0 Å². The molecule has 1 heteroatoms. The molecule has 4 fully saturated rings. The van der Waals surface area contributed by atoms with E-state index in [2.05, 4.69) is 61.5 Å². The zero-order valence-electron chi connectivity index (χ0n) is 21.9. The summed E-state index contributed by atoms with van der Waals surface area (Å²) >= 11 is 0. The lowest BCUT2D eigenvalue weighted by molar-refractivity contribution is -0.203. The zero-order valence-corrected chi connectivity index (χ0v) is 21.9. The fourth-order valence-electron chi connectivity index (χ4n) is 10.8. The van der Waals surface area contributed by atoms with Gasteiger partial charge in [-0.25, -0.2) is 0 Å². The summed E-state index contributed by atoms with van der Waals surface area (Å²) in [6, 6.07) is 0. The molecule has 0 aromatic heterocycles. The third-order valence-electron chi connectivity index (χ3n) is 13.4. The molecular weight excluding hydrogens is 376 g/mol. The minimum Gasteiger partial charge on any atom is -0.393 e. The van der Waals surface area contributed by atoms with Gasteiger partial charge in [-0.3, -0.25) is 0 Å². The lowest BCUT2D eigenvalue weighted by Gasteiger charge is -2.71. The Morgan fingerprint density at radius 2 is 1.52 bits per heavy atom. The van der Waals surface area contributed by atoms with Gasteiger partial charge in [-0.15, -0.1) is 0 Å². The van der Waals surface area contributed by atoms with Gasteiger partial charge in [-0.2, -0.15) is 0 Å². The van der Waals surface area contributed by atoms with Crippen LogP contribution < -0.4 is 0 Å². The van der Waals surface area contributed by atoms with E-state index in [0.717, 1.165) is 30.1 Å². The smallest absolute Gasteiger partial charge is 0.0594 e. The van der Waals surface area contributed by atoms with Crippen molar-refractivity contribution in [2.45, 2.75) is 119 Å². The molecule has 0 bridgehead atoms. The third kappa shape index (κ3) is 2.65. The van der Waals surface area contributed by atoms with E-state index in [1.807, 2.05) is 5.57 Å². The Morgan fingerprint density at radius 3 is 2.23 bits per heavy atom. The second kappa shape index (κ2) is 6.64. The zero-order chi connectivity index (χ0) is 22.6. The molecular formula is C30H50O. The molecule has 0 amide bonds. The Bertz CT molecular complexity index is 779. The van der Waals surface area contributed by atoms with E-state index in [1.54, 1.807) is 0 Å². The number of hydrogen-bond donors (Lipinski definition) is 1. The van der Waals surface area contributed by atoms with E-state index in [0.29, 0.717) is 27.6 Å². The highest BCUT2D eigenvalue weighted by atomic mass is 16.3. The number of fused-ring (bicyclic) bond motifs is 7. The number of hydrogen-bond acceptors (Lipinski definition) is 1. The Labute approximate surface area is 192 Å². The summed E-state index contributed by atoms with van der Waals surface area (Å²) in [6.45, 7) is 20.5. The summed E-state index contributed by atoms with van der Waals surface area (Å²) in [4.78, 5) is 0. The highest BCUT2D eigenvalue weighted by Crippen LogP contribution is 2.75. The highest BCUT2D eigenvalue weighted by molar-refractivity contribution is 5.33. The maximum atomic E-state index is 10.9. The van der Waals surface area contributed by atoms with Crippen LogP contribution in [0.25, 0.3) is 0 Å². The average Bonchev–Trinajstić information content (AvgIpc) is 2.69. The van der Waals surface area contributed by atoms with Crippen molar-refractivity contribution in [2.24, 2.45) is 56.7 Å². The number of allylic oxidation sites excluding steroid dienone is 2. The predicted molar refractivity (Wildman–Crippen MR) is 131 cm³/mol. The van der Waals surface area contributed by atoms with Crippen LogP contribution in [-0.4, -0.2) is 11.2 Å². The largest absolute Gasteiger partial charge is 0.393 e. The van der Waals surface area contributed by atoms with E-state index in [1.165, 1.54) is 51.4 Å². The van der Waals surface area contributed by atoms with Crippen molar-refractivity contribution in [3.05, 3.63) is 11.6 Å².